The van der Waals surface area contributed by atoms with Crippen LogP contribution in [0, 0.1) is 0 Å². The fourth-order valence-electron chi connectivity index (χ4n) is 0.260. The summed E-state index contributed by atoms with van der Waals surface area (Å²) < 4.78 is 29.3. The Labute approximate surface area is 87.8 Å². The van der Waals surface area contributed by atoms with Crippen molar-refractivity contribution in [3.05, 3.63) is 0 Å². The van der Waals surface area contributed by atoms with E-state index in [4.69, 9.17) is 5.73 Å². The molecule has 0 aromatic heterocycles. The summed E-state index contributed by atoms with van der Waals surface area (Å²) in [4.78, 5) is 0. The molecule has 11 heavy (non-hydrogen) atoms. The molecule has 0 aromatic rings. The van der Waals surface area contributed by atoms with Gasteiger partial charge in [0.1, 0.15) is 0 Å². The van der Waals surface area contributed by atoms with E-state index in [9.17, 15) is 13.0 Å². The van der Waals surface area contributed by atoms with Crippen LogP contribution in [0.1, 0.15) is 6.42 Å². The zero-order valence-electron chi connectivity index (χ0n) is 6.33. The minimum atomic E-state index is -4.02. The second kappa shape index (κ2) is 10.8. The van der Waals surface area contributed by atoms with E-state index in [-0.39, 0.29) is 59.2 Å². The molecule has 0 aromatic carbocycles. The smallest absolute Gasteiger partial charge is 0.748 e. The Hall–Kier alpha value is 0.790. The Morgan fingerprint density at radius 2 is 1.64 bits per heavy atom. The van der Waals surface area contributed by atoms with E-state index in [0.29, 0.717) is 0 Å². The van der Waals surface area contributed by atoms with Crippen molar-refractivity contribution in [1.82, 2.24) is 0 Å². The maximum Gasteiger partial charge on any atom is 1.00 e. The van der Waals surface area contributed by atoms with Crippen LogP contribution in [0.3, 0.4) is 0 Å². The summed E-state index contributed by atoms with van der Waals surface area (Å²) in [6.45, 7) is 0.251. The molecule has 66 valence electrons. The van der Waals surface area contributed by atoms with E-state index in [1.54, 1.807) is 0 Å². The van der Waals surface area contributed by atoms with Crippen LogP contribution in [0.5, 0.6) is 0 Å². The van der Waals surface area contributed by atoms with Gasteiger partial charge in [-0.3, -0.25) is 0 Å². The number of hydrogen-bond donors (Lipinski definition) is 1. The SMILES string of the molecule is NCCCS(=O)(=O)[O-].O.O.[Na+]. The van der Waals surface area contributed by atoms with Gasteiger partial charge in [0.25, 0.3) is 0 Å². The zero-order chi connectivity index (χ0) is 6.62. The van der Waals surface area contributed by atoms with E-state index in [0.717, 1.165) is 0 Å². The average molecular weight is 197 g/mol. The summed E-state index contributed by atoms with van der Waals surface area (Å²) in [6, 6.07) is 0. The molecule has 0 aliphatic carbocycles. The molecule has 0 spiro atoms. The molecule has 6 nitrogen and oxygen atoms in total. The first-order chi connectivity index (χ1) is 3.56. The van der Waals surface area contributed by atoms with Crippen molar-refractivity contribution in [1.29, 1.82) is 0 Å². The molecule has 0 atom stereocenters. The largest absolute Gasteiger partial charge is 1.00 e. The molecule has 0 radical (unpaired) electrons. The predicted molar refractivity (Wildman–Crippen MR) is 35.5 cm³/mol. The van der Waals surface area contributed by atoms with Crippen LogP contribution in [0.25, 0.3) is 0 Å². The van der Waals surface area contributed by atoms with Crippen molar-refractivity contribution in [3.63, 3.8) is 0 Å². The normalized spacial score (nSPS) is 8.55. The summed E-state index contributed by atoms with van der Waals surface area (Å²) >= 11 is 0. The van der Waals surface area contributed by atoms with Crippen molar-refractivity contribution in [3.8, 4) is 0 Å². The predicted octanol–water partition coefficient (Wildman–Crippen LogP) is -5.76. The van der Waals surface area contributed by atoms with Crippen LogP contribution in [-0.2, 0) is 10.1 Å². The minimum absolute atomic E-state index is 0. The topological polar surface area (TPSA) is 146 Å². The molecule has 0 aliphatic rings. The molecule has 0 heterocycles. The summed E-state index contributed by atoms with van der Waals surface area (Å²) in [5.74, 6) is -0.344. The second-order valence-corrected chi connectivity index (χ2v) is 2.93. The molecular formula is C3H12NNaO5S. The maximum absolute atomic E-state index is 9.78. The first kappa shape index (κ1) is 22.6. The monoisotopic (exact) mass is 197 g/mol. The Morgan fingerprint density at radius 3 is 1.73 bits per heavy atom. The van der Waals surface area contributed by atoms with E-state index >= 15 is 0 Å². The van der Waals surface area contributed by atoms with Crippen molar-refractivity contribution in [2.24, 2.45) is 5.73 Å². The van der Waals surface area contributed by atoms with Gasteiger partial charge in [-0.25, -0.2) is 8.42 Å². The van der Waals surface area contributed by atoms with Crippen LogP contribution >= 0.6 is 0 Å². The Kier molecular flexibility index (Phi) is 22.2. The van der Waals surface area contributed by atoms with Gasteiger partial charge in [0.05, 0.1) is 10.1 Å². The average Bonchev–Trinajstić information content (AvgIpc) is 1.59. The van der Waals surface area contributed by atoms with E-state index in [2.05, 4.69) is 0 Å². The van der Waals surface area contributed by atoms with Gasteiger partial charge in [-0.15, -0.1) is 0 Å². The maximum atomic E-state index is 9.78. The Bertz CT molecular complexity index is 146. The van der Waals surface area contributed by atoms with Crippen molar-refractivity contribution in [2.45, 2.75) is 6.42 Å². The van der Waals surface area contributed by atoms with Crippen molar-refractivity contribution < 1.29 is 53.5 Å². The van der Waals surface area contributed by atoms with Crippen LogP contribution in [0.4, 0.5) is 0 Å². The number of rotatable bonds is 3. The standard InChI is InChI=1S/C3H9NO3S.Na.2H2O/c4-2-1-3-8(5,6)7;;;/h1-4H2,(H,5,6,7);;2*1H2/q;+1;;/p-1. The van der Waals surface area contributed by atoms with E-state index in [1.807, 2.05) is 0 Å². The van der Waals surface area contributed by atoms with Crippen molar-refractivity contribution in [2.75, 3.05) is 12.3 Å². The van der Waals surface area contributed by atoms with Crippen LogP contribution < -0.4 is 35.3 Å². The van der Waals surface area contributed by atoms with Crippen molar-refractivity contribution >= 4 is 10.1 Å². The molecule has 0 saturated carbocycles. The Balaban J connectivity index is -0.0000000817. The van der Waals surface area contributed by atoms with Gasteiger partial charge in [-0.05, 0) is 13.0 Å². The third-order valence-corrected chi connectivity index (χ3v) is 1.39. The summed E-state index contributed by atoms with van der Waals surface area (Å²) in [6.07, 6.45) is 0.256. The van der Waals surface area contributed by atoms with Gasteiger partial charge >= 0.3 is 29.6 Å². The number of nitrogens with two attached hydrogens (primary N) is 1. The first-order valence-electron chi connectivity index (χ1n) is 2.20. The third-order valence-electron chi connectivity index (χ3n) is 0.598. The molecule has 0 fully saturated rings. The fourth-order valence-corrected chi connectivity index (χ4v) is 0.780. The molecule has 0 aliphatic heterocycles. The molecular weight excluding hydrogens is 185 g/mol. The van der Waals surface area contributed by atoms with Crippen LogP contribution in [0.15, 0.2) is 0 Å². The van der Waals surface area contributed by atoms with Crippen LogP contribution in [-0.4, -0.2) is 36.2 Å². The molecule has 0 amide bonds. The Morgan fingerprint density at radius 1 is 1.27 bits per heavy atom. The van der Waals surface area contributed by atoms with Gasteiger partial charge in [-0.2, -0.15) is 0 Å². The van der Waals surface area contributed by atoms with Gasteiger partial charge in [0, 0.05) is 5.75 Å². The quantitative estimate of drug-likeness (QED) is 0.354. The third kappa shape index (κ3) is 24.9. The molecule has 8 heteroatoms. The van der Waals surface area contributed by atoms with E-state index in [1.165, 1.54) is 0 Å². The van der Waals surface area contributed by atoms with Gasteiger partial charge < -0.3 is 21.2 Å². The fraction of sp³-hybridized carbons (Fsp3) is 1.00. The minimum Gasteiger partial charge on any atom is -0.748 e. The molecule has 0 bridgehead atoms. The summed E-state index contributed by atoms with van der Waals surface area (Å²) in [5.41, 5.74) is 4.93. The van der Waals surface area contributed by atoms with Crippen LogP contribution in [0.2, 0.25) is 0 Å². The zero-order valence-corrected chi connectivity index (χ0v) is 9.15. The molecule has 6 N–H and O–H groups in total. The summed E-state index contributed by atoms with van der Waals surface area (Å²) in [5, 5.41) is 0. The van der Waals surface area contributed by atoms with E-state index < -0.39 is 10.1 Å². The van der Waals surface area contributed by atoms with Gasteiger partial charge in [0.15, 0.2) is 0 Å². The first-order valence-corrected chi connectivity index (χ1v) is 3.77. The second-order valence-electron chi connectivity index (χ2n) is 1.40. The number of hydrogen-bond acceptors (Lipinski definition) is 4. The molecule has 0 saturated heterocycles. The van der Waals surface area contributed by atoms with Gasteiger partial charge in [0.2, 0.25) is 0 Å². The molecule has 0 unspecified atom stereocenters. The molecule has 0 rings (SSSR count). The van der Waals surface area contributed by atoms with Gasteiger partial charge in [-0.1, -0.05) is 0 Å². The summed E-state index contributed by atoms with van der Waals surface area (Å²) in [7, 11) is -4.02.